The van der Waals surface area contributed by atoms with Crippen LogP contribution in [0.3, 0.4) is 0 Å². The van der Waals surface area contributed by atoms with Gasteiger partial charge in [-0.15, -0.1) is 11.6 Å². The summed E-state index contributed by atoms with van der Waals surface area (Å²) in [5.74, 6) is 1.69. The van der Waals surface area contributed by atoms with Crippen LogP contribution < -0.4 is 9.64 Å². The Labute approximate surface area is 146 Å². The van der Waals surface area contributed by atoms with Gasteiger partial charge in [0, 0.05) is 26.2 Å². The maximum atomic E-state index is 11.6. The number of ether oxygens (including phenoxy) is 1. The number of benzene rings is 1. The Morgan fingerprint density at radius 3 is 2.46 bits per heavy atom. The number of anilines is 1. The van der Waals surface area contributed by atoms with Crippen LogP contribution in [-0.2, 0) is 11.4 Å². The summed E-state index contributed by atoms with van der Waals surface area (Å²) in [6.45, 7) is 3.42. The van der Waals surface area contributed by atoms with Crippen LogP contribution in [0.15, 0.2) is 48.7 Å². The van der Waals surface area contributed by atoms with Crippen LogP contribution in [-0.4, -0.2) is 47.9 Å². The second kappa shape index (κ2) is 8.02. The summed E-state index contributed by atoms with van der Waals surface area (Å²) in [5.41, 5.74) is 1.13. The average molecular weight is 346 g/mol. The third-order valence-electron chi connectivity index (χ3n) is 4.04. The van der Waals surface area contributed by atoms with E-state index >= 15 is 0 Å². The molecule has 1 saturated heterocycles. The lowest BCUT2D eigenvalue weighted by Gasteiger charge is -2.35. The van der Waals surface area contributed by atoms with Gasteiger partial charge in [-0.3, -0.25) is 4.79 Å². The number of carbonyl (C=O) groups is 1. The molecule has 1 amide bonds. The highest BCUT2D eigenvalue weighted by Crippen LogP contribution is 2.18. The molecular weight excluding hydrogens is 326 g/mol. The Balaban J connectivity index is 1.52. The predicted molar refractivity (Wildman–Crippen MR) is 94.5 cm³/mol. The number of pyridine rings is 1. The number of aromatic nitrogens is 1. The second-order valence-corrected chi connectivity index (χ2v) is 5.90. The number of amides is 1. The van der Waals surface area contributed by atoms with E-state index in [1.807, 2.05) is 42.5 Å². The molecular formula is C18H20ClN3O2. The van der Waals surface area contributed by atoms with Crippen molar-refractivity contribution in [2.75, 3.05) is 37.0 Å². The van der Waals surface area contributed by atoms with Crippen molar-refractivity contribution in [2.45, 2.75) is 6.61 Å². The summed E-state index contributed by atoms with van der Waals surface area (Å²) in [5, 5.41) is 0. The average Bonchev–Trinajstić information content (AvgIpc) is 2.67. The summed E-state index contributed by atoms with van der Waals surface area (Å²) >= 11 is 5.60. The van der Waals surface area contributed by atoms with Crippen molar-refractivity contribution in [1.82, 2.24) is 9.88 Å². The minimum Gasteiger partial charge on any atom is -0.487 e. The van der Waals surface area contributed by atoms with Gasteiger partial charge in [0.2, 0.25) is 5.91 Å². The highest BCUT2D eigenvalue weighted by Gasteiger charge is 2.21. The van der Waals surface area contributed by atoms with Gasteiger partial charge in [0.25, 0.3) is 0 Å². The quantitative estimate of drug-likeness (QED) is 0.781. The van der Waals surface area contributed by atoms with E-state index in [0.717, 1.165) is 30.2 Å². The molecule has 0 saturated carbocycles. The summed E-state index contributed by atoms with van der Waals surface area (Å²) in [4.78, 5) is 20.0. The summed E-state index contributed by atoms with van der Waals surface area (Å²) < 4.78 is 5.75. The van der Waals surface area contributed by atoms with Crippen molar-refractivity contribution in [2.24, 2.45) is 0 Å². The number of rotatable bonds is 5. The molecule has 1 aliphatic heterocycles. The molecule has 1 aromatic heterocycles. The molecule has 0 N–H and O–H groups in total. The molecule has 0 spiro atoms. The molecule has 0 bridgehead atoms. The van der Waals surface area contributed by atoms with Crippen molar-refractivity contribution < 1.29 is 9.53 Å². The molecule has 24 heavy (non-hydrogen) atoms. The predicted octanol–water partition coefficient (Wildman–Crippen LogP) is 2.55. The van der Waals surface area contributed by atoms with E-state index in [0.29, 0.717) is 19.7 Å². The number of nitrogens with zero attached hydrogens (tertiary/aromatic N) is 3. The van der Waals surface area contributed by atoms with Crippen molar-refractivity contribution >= 4 is 23.3 Å². The maximum absolute atomic E-state index is 11.6. The zero-order chi connectivity index (χ0) is 16.8. The fraction of sp³-hybridized carbons (Fsp3) is 0.333. The molecule has 5 nitrogen and oxygen atoms in total. The lowest BCUT2D eigenvalue weighted by molar-refractivity contribution is -0.128. The number of carbonyl (C=O) groups excluding carboxylic acids is 1. The van der Waals surface area contributed by atoms with Gasteiger partial charge in [0.1, 0.15) is 24.1 Å². The topological polar surface area (TPSA) is 45.7 Å². The van der Waals surface area contributed by atoms with E-state index < -0.39 is 0 Å². The number of hydrogen-bond donors (Lipinski definition) is 0. The fourth-order valence-corrected chi connectivity index (χ4v) is 2.82. The molecule has 3 rings (SSSR count). The summed E-state index contributed by atoms with van der Waals surface area (Å²) in [6, 6.07) is 13.9. The Hall–Kier alpha value is -2.27. The van der Waals surface area contributed by atoms with Crippen LogP contribution in [0.25, 0.3) is 0 Å². The molecule has 6 heteroatoms. The first-order valence-electron chi connectivity index (χ1n) is 7.98. The number of alkyl halides is 1. The highest BCUT2D eigenvalue weighted by molar-refractivity contribution is 6.27. The van der Waals surface area contributed by atoms with Gasteiger partial charge in [0.15, 0.2) is 0 Å². The van der Waals surface area contributed by atoms with Gasteiger partial charge < -0.3 is 14.5 Å². The zero-order valence-corrected chi connectivity index (χ0v) is 14.2. The minimum absolute atomic E-state index is 0.00562. The Kier molecular flexibility index (Phi) is 5.54. The van der Waals surface area contributed by atoms with Crippen LogP contribution >= 0.6 is 11.6 Å². The van der Waals surface area contributed by atoms with Crippen LogP contribution in [0.5, 0.6) is 5.75 Å². The van der Waals surface area contributed by atoms with Gasteiger partial charge in [-0.1, -0.05) is 30.3 Å². The Bertz CT molecular complexity index is 656. The number of piperazine rings is 1. The van der Waals surface area contributed by atoms with Crippen molar-refractivity contribution in [3.8, 4) is 5.75 Å². The molecule has 0 radical (unpaired) electrons. The third kappa shape index (κ3) is 4.17. The Morgan fingerprint density at radius 1 is 1.08 bits per heavy atom. The normalized spacial score (nSPS) is 14.5. The third-order valence-corrected chi connectivity index (χ3v) is 4.27. The van der Waals surface area contributed by atoms with Gasteiger partial charge in [-0.2, -0.15) is 0 Å². The van der Waals surface area contributed by atoms with Gasteiger partial charge >= 0.3 is 0 Å². The van der Waals surface area contributed by atoms with E-state index in [2.05, 4.69) is 9.88 Å². The first kappa shape index (κ1) is 16.6. The standard InChI is InChI=1S/C18H20ClN3O2/c19-12-18(23)22-10-8-21(9-11-22)17-7-6-16(13-20-17)24-14-15-4-2-1-3-5-15/h1-7,13H,8-12,14H2. The smallest absolute Gasteiger partial charge is 0.237 e. The second-order valence-electron chi connectivity index (χ2n) is 5.63. The number of halogens is 1. The van der Waals surface area contributed by atoms with Crippen LogP contribution in [0.2, 0.25) is 0 Å². The fourth-order valence-electron chi connectivity index (χ4n) is 2.66. The van der Waals surface area contributed by atoms with E-state index in [-0.39, 0.29) is 11.8 Å². The lowest BCUT2D eigenvalue weighted by atomic mass is 10.2. The molecule has 0 atom stereocenters. The van der Waals surface area contributed by atoms with Crippen LogP contribution in [0, 0.1) is 0 Å². The Morgan fingerprint density at radius 2 is 1.83 bits per heavy atom. The first-order valence-corrected chi connectivity index (χ1v) is 8.51. The summed E-state index contributed by atoms with van der Waals surface area (Å²) in [6.07, 6.45) is 1.74. The SMILES string of the molecule is O=C(CCl)N1CCN(c2ccc(OCc3ccccc3)cn2)CC1. The molecule has 2 heterocycles. The van der Waals surface area contributed by atoms with E-state index in [1.54, 1.807) is 11.1 Å². The van der Waals surface area contributed by atoms with Gasteiger partial charge in [0.05, 0.1) is 6.20 Å². The highest BCUT2D eigenvalue weighted by atomic mass is 35.5. The van der Waals surface area contributed by atoms with Crippen LogP contribution in [0.1, 0.15) is 5.56 Å². The lowest BCUT2D eigenvalue weighted by Crippen LogP contribution is -2.49. The summed E-state index contributed by atoms with van der Waals surface area (Å²) in [7, 11) is 0. The van der Waals surface area contributed by atoms with Gasteiger partial charge in [-0.05, 0) is 17.7 Å². The van der Waals surface area contributed by atoms with Crippen LogP contribution in [0.4, 0.5) is 5.82 Å². The first-order chi connectivity index (χ1) is 11.8. The maximum Gasteiger partial charge on any atom is 0.237 e. The number of hydrogen-bond acceptors (Lipinski definition) is 4. The molecule has 0 unspecified atom stereocenters. The zero-order valence-electron chi connectivity index (χ0n) is 13.4. The molecule has 1 aliphatic rings. The van der Waals surface area contributed by atoms with Crippen molar-refractivity contribution in [1.29, 1.82) is 0 Å². The van der Waals surface area contributed by atoms with E-state index in [1.165, 1.54) is 0 Å². The molecule has 126 valence electrons. The molecule has 2 aromatic rings. The minimum atomic E-state index is -0.00562. The molecule has 1 fully saturated rings. The monoisotopic (exact) mass is 345 g/mol. The van der Waals surface area contributed by atoms with Crippen molar-refractivity contribution in [3.63, 3.8) is 0 Å². The van der Waals surface area contributed by atoms with Crippen molar-refractivity contribution in [3.05, 3.63) is 54.2 Å². The molecule has 1 aromatic carbocycles. The van der Waals surface area contributed by atoms with E-state index in [4.69, 9.17) is 16.3 Å². The van der Waals surface area contributed by atoms with E-state index in [9.17, 15) is 4.79 Å². The van der Waals surface area contributed by atoms with Gasteiger partial charge in [-0.25, -0.2) is 4.98 Å². The molecule has 0 aliphatic carbocycles. The largest absolute Gasteiger partial charge is 0.487 e.